The van der Waals surface area contributed by atoms with Crippen LogP contribution in [-0.2, 0) is 6.18 Å². The van der Waals surface area contributed by atoms with Crippen molar-refractivity contribution < 1.29 is 22.8 Å². The van der Waals surface area contributed by atoms with Crippen molar-refractivity contribution in [3.8, 4) is 0 Å². The first-order chi connectivity index (χ1) is 13.3. The average molecular weight is 389 g/mol. The Morgan fingerprint density at radius 2 is 1.89 bits per heavy atom. The van der Waals surface area contributed by atoms with E-state index in [-0.39, 0.29) is 29.5 Å². The molecular weight excluding hydrogens is 371 g/mol. The number of hydrogen-bond donors (Lipinski definition) is 1. The number of rotatable bonds is 3. The highest BCUT2D eigenvalue weighted by Crippen LogP contribution is 2.39. The molecule has 1 N–H and O–H groups in total. The van der Waals surface area contributed by atoms with E-state index in [1.165, 1.54) is 18.3 Å². The van der Waals surface area contributed by atoms with Crippen molar-refractivity contribution in [3.63, 3.8) is 0 Å². The second-order valence-electron chi connectivity index (χ2n) is 7.24. The maximum atomic E-state index is 12.9. The normalized spacial score (nSPS) is 23.7. The number of halogens is 3. The molecule has 3 atom stereocenters. The van der Waals surface area contributed by atoms with E-state index in [0.29, 0.717) is 18.5 Å². The van der Waals surface area contributed by atoms with Crippen molar-refractivity contribution in [2.75, 3.05) is 6.54 Å². The van der Waals surface area contributed by atoms with E-state index in [2.05, 4.69) is 10.3 Å². The van der Waals surface area contributed by atoms with Gasteiger partial charge in [-0.3, -0.25) is 14.6 Å². The van der Waals surface area contributed by atoms with Gasteiger partial charge >= 0.3 is 6.18 Å². The summed E-state index contributed by atoms with van der Waals surface area (Å²) in [6.45, 7) is 0.428. The third-order valence-corrected chi connectivity index (χ3v) is 5.48. The van der Waals surface area contributed by atoms with Gasteiger partial charge in [0.05, 0.1) is 11.1 Å². The standard InChI is InChI=1S/C20H18F3N3O2/c21-20(22,23)15-5-1-3-12(7-15)19(28)26-11-14-8-16(26)9-17(14)25-18(27)13-4-2-6-24-10-13/h1-7,10,14,16-17H,8-9,11H2,(H,25,27). The average Bonchev–Trinajstić information content (AvgIpc) is 3.28. The summed E-state index contributed by atoms with van der Waals surface area (Å²) >= 11 is 0. The summed E-state index contributed by atoms with van der Waals surface area (Å²) in [6.07, 6.45) is -0.0658. The molecule has 4 rings (SSSR count). The smallest absolute Gasteiger partial charge is 0.349 e. The first-order valence-electron chi connectivity index (χ1n) is 9.02. The van der Waals surface area contributed by atoms with E-state index in [1.807, 2.05) is 0 Å². The van der Waals surface area contributed by atoms with E-state index in [1.54, 1.807) is 23.2 Å². The van der Waals surface area contributed by atoms with Crippen molar-refractivity contribution in [1.82, 2.24) is 15.2 Å². The summed E-state index contributed by atoms with van der Waals surface area (Å²) < 4.78 is 38.7. The van der Waals surface area contributed by atoms with Crippen molar-refractivity contribution in [3.05, 3.63) is 65.5 Å². The Hall–Kier alpha value is -2.90. The van der Waals surface area contributed by atoms with Crippen LogP contribution in [0.3, 0.4) is 0 Å². The Morgan fingerprint density at radius 3 is 2.54 bits per heavy atom. The molecule has 1 saturated heterocycles. The van der Waals surface area contributed by atoms with Crippen LogP contribution in [0, 0.1) is 5.92 Å². The van der Waals surface area contributed by atoms with E-state index >= 15 is 0 Å². The number of piperidine rings is 1. The molecule has 146 valence electrons. The van der Waals surface area contributed by atoms with Crippen LogP contribution in [0.4, 0.5) is 13.2 Å². The highest BCUT2D eigenvalue weighted by atomic mass is 19.4. The molecule has 1 aliphatic carbocycles. The zero-order valence-electron chi connectivity index (χ0n) is 14.8. The molecule has 3 unspecified atom stereocenters. The zero-order chi connectivity index (χ0) is 19.9. The molecular formula is C20H18F3N3O2. The number of carbonyl (C=O) groups is 2. The van der Waals surface area contributed by atoms with Gasteiger partial charge in [-0.25, -0.2) is 0 Å². The summed E-state index contributed by atoms with van der Waals surface area (Å²) in [5.41, 5.74) is -0.315. The highest BCUT2D eigenvalue weighted by molar-refractivity contribution is 5.95. The van der Waals surface area contributed by atoms with E-state index in [4.69, 9.17) is 0 Å². The molecule has 2 aliphatic rings. The molecule has 2 aromatic rings. The van der Waals surface area contributed by atoms with Gasteiger partial charge in [-0.1, -0.05) is 6.07 Å². The zero-order valence-corrected chi connectivity index (χ0v) is 14.8. The third-order valence-electron chi connectivity index (χ3n) is 5.48. The number of likely N-dealkylation sites (tertiary alicyclic amines) is 1. The maximum Gasteiger partial charge on any atom is 0.416 e. The van der Waals surface area contributed by atoms with Gasteiger partial charge in [0.1, 0.15) is 0 Å². The SMILES string of the molecule is O=C(NC1CC2CC1CN2C(=O)c1cccc(C(F)(F)F)c1)c1cccnc1. The second kappa shape index (κ2) is 6.92. The molecule has 0 radical (unpaired) electrons. The van der Waals surface area contributed by atoms with Crippen LogP contribution in [0.15, 0.2) is 48.8 Å². The van der Waals surface area contributed by atoms with Crippen molar-refractivity contribution >= 4 is 11.8 Å². The predicted octanol–water partition coefficient (Wildman–Crippen LogP) is 3.13. The fourth-order valence-electron chi connectivity index (χ4n) is 4.12. The van der Waals surface area contributed by atoms with Crippen LogP contribution < -0.4 is 5.32 Å². The van der Waals surface area contributed by atoms with Crippen LogP contribution in [-0.4, -0.2) is 40.3 Å². The van der Waals surface area contributed by atoms with Crippen molar-refractivity contribution in [1.29, 1.82) is 0 Å². The minimum atomic E-state index is -4.48. The number of benzene rings is 1. The highest BCUT2D eigenvalue weighted by Gasteiger charge is 2.47. The number of alkyl halides is 3. The van der Waals surface area contributed by atoms with Gasteiger partial charge in [-0.2, -0.15) is 13.2 Å². The molecule has 0 spiro atoms. The Labute approximate surface area is 159 Å². The Morgan fingerprint density at radius 1 is 1.11 bits per heavy atom. The molecule has 2 bridgehead atoms. The van der Waals surface area contributed by atoms with Crippen LogP contribution in [0.25, 0.3) is 0 Å². The summed E-state index contributed by atoms with van der Waals surface area (Å²) in [4.78, 5) is 30.6. The first kappa shape index (κ1) is 18.5. The van der Waals surface area contributed by atoms with Gasteiger partial charge in [0.15, 0.2) is 0 Å². The number of aromatic nitrogens is 1. The molecule has 8 heteroatoms. The van der Waals surface area contributed by atoms with Crippen LogP contribution in [0.2, 0.25) is 0 Å². The number of fused-ring (bicyclic) bond motifs is 2. The fraction of sp³-hybridized carbons (Fsp3) is 0.350. The van der Waals surface area contributed by atoms with Crippen molar-refractivity contribution in [2.24, 2.45) is 5.92 Å². The lowest BCUT2D eigenvalue weighted by Gasteiger charge is -2.32. The molecule has 1 aromatic carbocycles. The second-order valence-corrected chi connectivity index (χ2v) is 7.24. The lowest BCUT2D eigenvalue weighted by atomic mass is 10.0. The number of amides is 2. The molecule has 5 nitrogen and oxygen atoms in total. The van der Waals surface area contributed by atoms with Crippen LogP contribution in [0.5, 0.6) is 0 Å². The monoisotopic (exact) mass is 389 g/mol. The largest absolute Gasteiger partial charge is 0.416 e. The first-order valence-corrected chi connectivity index (χ1v) is 9.02. The third kappa shape index (κ3) is 3.46. The summed E-state index contributed by atoms with van der Waals surface area (Å²) in [6, 6.07) is 7.75. The predicted molar refractivity (Wildman–Crippen MR) is 94.5 cm³/mol. The maximum absolute atomic E-state index is 12.9. The molecule has 1 aliphatic heterocycles. The topological polar surface area (TPSA) is 62.3 Å². The van der Waals surface area contributed by atoms with Crippen molar-refractivity contribution in [2.45, 2.75) is 31.1 Å². The van der Waals surface area contributed by atoms with Gasteiger partial charge in [-0.15, -0.1) is 0 Å². The molecule has 2 heterocycles. The van der Waals surface area contributed by atoms with Gasteiger partial charge in [0.25, 0.3) is 11.8 Å². The van der Waals surface area contributed by atoms with Gasteiger partial charge in [-0.05, 0) is 49.1 Å². The minimum Gasteiger partial charge on any atom is -0.349 e. The number of pyridine rings is 1. The van der Waals surface area contributed by atoms with Crippen LogP contribution >= 0.6 is 0 Å². The molecule has 1 aromatic heterocycles. The Bertz CT molecular complexity index is 901. The number of hydrogen-bond acceptors (Lipinski definition) is 3. The Kier molecular flexibility index (Phi) is 4.56. The fourth-order valence-corrected chi connectivity index (χ4v) is 4.12. The van der Waals surface area contributed by atoms with Gasteiger partial charge in [0, 0.05) is 36.6 Å². The Balaban J connectivity index is 1.42. The minimum absolute atomic E-state index is 0.0401. The number of nitrogens with one attached hydrogen (secondary N) is 1. The van der Waals surface area contributed by atoms with E-state index in [0.717, 1.165) is 18.6 Å². The van der Waals surface area contributed by atoms with Gasteiger partial charge < -0.3 is 10.2 Å². The quantitative estimate of drug-likeness (QED) is 0.877. The number of nitrogens with zero attached hydrogens (tertiary/aromatic N) is 2. The lowest BCUT2D eigenvalue weighted by molar-refractivity contribution is -0.137. The lowest BCUT2D eigenvalue weighted by Crippen LogP contribution is -2.47. The van der Waals surface area contributed by atoms with Gasteiger partial charge in [0.2, 0.25) is 0 Å². The summed E-state index contributed by atoms with van der Waals surface area (Å²) in [5, 5.41) is 2.99. The van der Waals surface area contributed by atoms with Crippen LogP contribution in [0.1, 0.15) is 39.1 Å². The molecule has 2 amide bonds. The van der Waals surface area contributed by atoms with E-state index < -0.39 is 17.6 Å². The molecule has 28 heavy (non-hydrogen) atoms. The summed E-state index contributed by atoms with van der Waals surface area (Å²) in [7, 11) is 0. The molecule has 1 saturated carbocycles. The summed E-state index contributed by atoms with van der Waals surface area (Å²) in [5.74, 6) is -0.502. The molecule has 2 fully saturated rings. The number of carbonyl (C=O) groups excluding carboxylic acids is 2. The van der Waals surface area contributed by atoms with E-state index in [9.17, 15) is 22.8 Å².